The van der Waals surface area contributed by atoms with Crippen LogP contribution in [0.1, 0.15) is 24.0 Å². The van der Waals surface area contributed by atoms with Crippen molar-refractivity contribution in [1.29, 1.82) is 0 Å². The van der Waals surface area contributed by atoms with Crippen LogP contribution >= 0.6 is 23.2 Å². The fourth-order valence-electron chi connectivity index (χ4n) is 2.02. The van der Waals surface area contributed by atoms with Crippen molar-refractivity contribution in [2.45, 2.75) is 32.4 Å². The standard InChI is InChI=1S/C16H16Cl2N2O/c1-10-6-12(17)2-5-15(10)21-16-14(18)7-11(9-20-16)8-19-13-3-4-13/h2,5-7,9,13,19H,3-4,8H2,1H3. The maximum Gasteiger partial charge on any atom is 0.238 e. The maximum absolute atomic E-state index is 6.25. The highest BCUT2D eigenvalue weighted by Crippen LogP contribution is 2.31. The molecule has 110 valence electrons. The van der Waals surface area contributed by atoms with Gasteiger partial charge < -0.3 is 10.1 Å². The second-order valence-electron chi connectivity index (χ2n) is 5.30. The van der Waals surface area contributed by atoms with Gasteiger partial charge in [0.15, 0.2) is 0 Å². The summed E-state index contributed by atoms with van der Waals surface area (Å²) in [6, 6.07) is 8.00. The van der Waals surface area contributed by atoms with E-state index in [1.54, 1.807) is 12.3 Å². The molecule has 0 radical (unpaired) electrons. The summed E-state index contributed by atoms with van der Waals surface area (Å²) in [5, 5.41) is 4.62. The lowest BCUT2D eigenvalue weighted by molar-refractivity contribution is 0.459. The first-order chi connectivity index (χ1) is 10.1. The zero-order valence-corrected chi connectivity index (χ0v) is 13.2. The summed E-state index contributed by atoms with van der Waals surface area (Å²) in [6.07, 6.45) is 4.32. The topological polar surface area (TPSA) is 34.1 Å². The van der Waals surface area contributed by atoms with E-state index >= 15 is 0 Å². The quantitative estimate of drug-likeness (QED) is 0.863. The average molecular weight is 323 g/mol. The predicted octanol–water partition coefficient (Wildman–Crippen LogP) is 4.74. The van der Waals surface area contributed by atoms with Gasteiger partial charge in [0.05, 0.1) is 0 Å². The van der Waals surface area contributed by atoms with Crippen LogP contribution in [0, 0.1) is 6.92 Å². The molecule has 2 aromatic rings. The van der Waals surface area contributed by atoms with Crippen LogP contribution in [-0.2, 0) is 6.54 Å². The molecule has 1 aromatic carbocycles. The largest absolute Gasteiger partial charge is 0.437 e. The van der Waals surface area contributed by atoms with E-state index < -0.39 is 0 Å². The van der Waals surface area contributed by atoms with Crippen LogP contribution in [0.5, 0.6) is 11.6 Å². The van der Waals surface area contributed by atoms with Gasteiger partial charge in [-0.15, -0.1) is 0 Å². The molecule has 1 saturated carbocycles. The van der Waals surface area contributed by atoms with Gasteiger partial charge in [0.2, 0.25) is 5.88 Å². The van der Waals surface area contributed by atoms with Gasteiger partial charge >= 0.3 is 0 Å². The van der Waals surface area contributed by atoms with Crippen LogP contribution in [-0.4, -0.2) is 11.0 Å². The van der Waals surface area contributed by atoms with E-state index in [4.69, 9.17) is 27.9 Å². The van der Waals surface area contributed by atoms with Crippen molar-refractivity contribution < 1.29 is 4.74 Å². The Labute approximate surface area is 134 Å². The predicted molar refractivity (Wildman–Crippen MR) is 85.4 cm³/mol. The van der Waals surface area contributed by atoms with E-state index in [2.05, 4.69) is 10.3 Å². The number of aromatic nitrogens is 1. The number of rotatable bonds is 5. The van der Waals surface area contributed by atoms with E-state index in [1.807, 2.05) is 25.1 Å². The fraction of sp³-hybridized carbons (Fsp3) is 0.312. The number of hydrogen-bond acceptors (Lipinski definition) is 3. The van der Waals surface area contributed by atoms with Crippen LogP contribution in [0.15, 0.2) is 30.5 Å². The number of halogens is 2. The Bertz CT molecular complexity index is 657. The molecule has 1 N–H and O–H groups in total. The summed E-state index contributed by atoms with van der Waals surface area (Å²) in [5.41, 5.74) is 2.01. The van der Waals surface area contributed by atoms with Gasteiger partial charge in [-0.05, 0) is 55.2 Å². The molecule has 1 aliphatic rings. The summed E-state index contributed by atoms with van der Waals surface area (Å²) < 4.78 is 5.77. The van der Waals surface area contributed by atoms with Gasteiger partial charge in [0, 0.05) is 23.8 Å². The van der Waals surface area contributed by atoms with Crippen LogP contribution in [0.25, 0.3) is 0 Å². The minimum Gasteiger partial charge on any atom is -0.437 e. The number of pyridine rings is 1. The van der Waals surface area contributed by atoms with Crippen LogP contribution in [0.2, 0.25) is 10.0 Å². The van der Waals surface area contributed by atoms with Crippen molar-refractivity contribution in [3.8, 4) is 11.6 Å². The lowest BCUT2D eigenvalue weighted by atomic mass is 10.2. The van der Waals surface area contributed by atoms with Crippen molar-refractivity contribution in [2.75, 3.05) is 0 Å². The van der Waals surface area contributed by atoms with Crippen LogP contribution in [0.3, 0.4) is 0 Å². The molecule has 21 heavy (non-hydrogen) atoms. The van der Waals surface area contributed by atoms with Gasteiger partial charge in [0.25, 0.3) is 0 Å². The highest BCUT2D eigenvalue weighted by atomic mass is 35.5. The zero-order valence-electron chi connectivity index (χ0n) is 11.7. The van der Waals surface area contributed by atoms with Gasteiger partial charge in [-0.25, -0.2) is 4.98 Å². The minimum atomic E-state index is 0.414. The molecular weight excluding hydrogens is 307 g/mol. The third kappa shape index (κ3) is 3.88. The van der Waals surface area contributed by atoms with Gasteiger partial charge in [0.1, 0.15) is 10.8 Å². The molecule has 0 atom stereocenters. The van der Waals surface area contributed by atoms with E-state index in [0.717, 1.165) is 17.7 Å². The molecule has 0 aliphatic heterocycles. The Hall–Kier alpha value is -1.29. The maximum atomic E-state index is 6.25. The van der Waals surface area contributed by atoms with Crippen molar-refractivity contribution in [1.82, 2.24) is 10.3 Å². The molecule has 1 aromatic heterocycles. The molecule has 1 fully saturated rings. The molecule has 0 spiro atoms. The third-order valence-electron chi connectivity index (χ3n) is 3.38. The highest BCUT2D eigenvalue weighted by Gasteiger charge is 2.20. The minimum absolute atomic E-state index is 0.414. The van der Waals surface area contributed by atoms with E-state index in [0.29, 0.717) is 27.7 Å². The lowest BCUT2D eigenvalue weighted by Gasteiger charge is -2.10. The number of nitrogens with one attached hydrogen (secondary N) is 1. The van der Waals surface area contributed by atoms with Crippen LogP contribution in [0.4, 0.5) is 0 Å². The molecule has 5 heteroatoms. The molecule has 1 heterocycles. The second-order valence-corrected chi connectivity index (χ2v) is 6.14. The fourth-order valence-corrected chi connectivity index (χ4v) is 2.47. The molecule has 0 bridgehead atoms. The Morgan fingerprint density at radius 1 is 1.29 bits per heavy atom. The summed E-state index contributed by atoms with van der Waals surface area (Å²) in [5.74, 6) is 1.12. The molecule has 0 unspecified atom stereocenters. The average Bonchev–Trinajstić information content (AvgIpc) is 3.26. The summed E-state index contributed by atoms with van der Waals surface area (Å²) in [4.78, 5) is 4.31. The summed E-state index contributed by atoms with van der Waals surface area (Å²) in [6.45, 7) is 2.72. The normalized spacial score (nSPS) is 14.2. The Morgan fingerprint density at radius 3 is 2.76 bits per heavy atom. The number of hydrogen-bond donors (Lipinski definition) is 1. The Kier molecular flexibility index (Phi) is 4.34. The first kappa shape index (κ1) is 14.6. The molecule has 1 aliphatic carbocycles. The summed E-state index contributed by atoms with van der Waals surface area (Å²) >= 11 is 12.2. The smallest absolute Gasteiger partial charge is 0.238 e. The van der Waals surface area contributed by atoms with E-state index in [9.17, 15) is 0 Å². The second kappa shape index (κ2) is 6.22. The monoisotopic (exact) mass is 322 g/mol. The Balaban J connectivity index is 1.72. The van der Waals surface area contributed by atoms with Gasteiger partial charge in [-0.1, -0.05) is 23.2 Å². The van der Waals surface area contributed by atoms with E-state index in [-0.39, 0.29) is 0 Å². The number of benzene rings is 1. The van der Waals surface area contributed by atoms with Gasteiger partial charge in [-0.2, -0.15) is 0 Å². The Morgan fingerprint density at radius 2 is 2.10 bits per heavy atom. The highest BCUT2D eigenvalue weighted by molar-refractivity contribution is 6.32. The zero-order chi connectivity index (χ0) is 14.8. The SMILES string of the molecule is Cc1cc(Cl)ccc1Oc1ncc(CNC2CC2)cc1Cl. The molecule has 0 amide bonds. The van der Waals surface area contributed by atoms with Gasteiger partial charge in [-0.3, -0.25) is 0 Å². The van der Waals surface area contributed by atoms with Crippen molar-refractivity contribution in [2.24, 2.45) is 0 Å². The van der Waals surface area contributed by atoms with Crippen molar-refractivity contribution >= 4 is 23.2 Å². The van der Waals surface area contributed by atoms with Crippen molar-refractivity contribution in [3.63, 3.8) is 0 Å². The number of aryl methyl sites for hydroxylation is 1. The molecule has 3 nitrogen and oxygen atoms in total. The van der Waals surface area contributed by atoms with Crippen molar-refractivity contribution in [3.05, 3.63) is 51.6 Å². The first-order valence-corrected chi connectivity index (χ1v) is 7.69. The van der Waals surface area contributed by atoms with E-state index in [1.165, 1.54) is 12.8 Å². The third-order valence-corrected chi connectivity index (χ3v) is 3.89. The lowest BCUT2D eigenvalue weighted by Crippen LogP contribution is -2.15. The number of nitrogens with zero attached hydrogens (tertiary/aromatic N) is 1. The first-order valence-electron chi connectivity index (χ1n) is 6.93. The summed E-state index contributed by atoms with van der Waals surface area (Å²) in [7, 11) is 0. The molecule has 3 rings (SSSR count). The number of ether oxygens (including phenoxy) is 1. The molecular formula is C16H16Cl2N2O. The van der Waals surface area contributed by atoms with Crippen LogP contribution < -0.4 is 10.1 Å². The molecule has 0 saturated heterocycles.